The van der Waals surface area contributed by atoms with E-state index < -0.39 is 10.0 Å². The second kappa shape index (κ2) is 6.99. The molecule has 0 amide bonds. The highest BCUT2D eigenvalue weighted by Gasteiger charge is 2.43. The number of rotatable bonds is 5. The van der Waals surface area contributed by atoms with Gasteiger partial charge in [0.25, 0.3) is 0 Å². The van der Waals surface area contributed by atoms with Crippen LogP contribution in [0.1, 0.15) is 11.3 Å². The van der Waals surface area contributed by atoms with Gasteiger partial charge >= 0.3 is 0 Å². The molecule has 0 radical (unpaired) electrons. The van der Waals surface area contributed by atoms with Crippen LogP contribution < -0.4 is 0 Å². The highest BCUT2D eigenvalue weighted by Crippen LogP contribution is 2.34. The van der Waals surface area contributed by atoms with Crippen molar-refractivity contribution < 1.29 is 12.9 Å². The van der Waals surface area contributed by atoms with Crippen molar-refractivity contribution in [1.29, 1.82) is 0 Å². The van der Waals surface area contributed by atoms with E-state index in [1.807, 2.05) is 24.3 Å². The van der Waals surface area contributed by atoms with E-state index >= 15 is 0 Å². The third-order valence-corrected chi connectivity index (χ3v) is 7.67. The summed E-state index contributed by atoms with van der Waals surface area (Å²) in [6.07, 6.45) is 0. The van der Waals surface area contributed by atoms with Gasteiger partial charge in [0.1, 0.15) is 11.4 Å². The number of aromatic nitrogens is 1. The second-order valence-electron chi connectivity index (χ2n) is 7.90. The summed E-state index contributed by atoms with van der Waals surface area (Å²) in [6.45, 7) is 4.06. The van der Waals surface area contributed by atoms with Gasteiger partial charge in [0.15, 0.2) is 5.58 Å². The lowest BCUT2D eigenvalue weighted by atomic mass is 10.0. The molecule has 2 aliphatic rings. The van der Waals surface area contributed by atoms with Crippen LogP contribution in [0.3, 0.4) is 0 Å². The summed E-state index contributed by atoms with van der Waals surface area (Å²) in [5.74, 6) is 0.720. The summed E-state index contributed by atoms with van der Waals surface area (Å²) in [5, 5.41) is 4.77. The Morgan fingerprint density at radius 3 is 2.36 bits per heavy atom. The van der Waals surface area contributed by atoms with E-state index in [1.54, 1.807) is 10.4 Å². The Bertz CT molecular complexity index is 1070. The standard InChI is InChI=1S/C21H23N3O3S/c25-28(26,15-20-19-8-4-5-9-21(19)27-22-20)24-13-17-11-23(12-18(17)14-24)10-16-6-2-1-3-7-16/h1-9,17-18H,10-15H2/t17-,18+. The zero-order chi connectivity index (χ0) is 19.1. The first-order valence-electron chi connectivity index (χ1n) is 9.66. The van der Waals surface area contributed by atoms with Gasteiger partial charge in [-0.05, 0) is 29.5 Å². The maximum atomic E-state index is 13.0. The lowest BCUT2D eigenvalue weighted by Crippen LogP contribution is -2.34. The van der Waals surface area contributed by atoms with E-state index in [2.05, 4.69) is 34.3 Å². The van der Waals surface area contributed by atoms with E-state index in [-0.39, 0.29) is 5.75 Å². The molecule has 6 nitrogen and oxygen atoms in total. The van der Waals surface area contributed by atoms with Crippen molar-refractivity contribution in [2.24, 2.45) is 11.8 Å². The molecule has 2 fully saturated rings. The van der Waals surface area contributed by atoms with Crippen molar-refractivity contribution in [1.82, 2.24) is 14.4 Å². The van der Waals surface area contributed by atoms with Gasteiger partial charge in [0, 0.05) is 38.1 Å². The van der Waals surface area contributed by atoms with Crippen LogP contribution in [0.2, 0.25) is 0 Å². The second-order valence-corrected chi connectivity index (χ2v) is 9.87. The number of benzene rings is 2. The maximum absolute atomic E-state index is 13.0. The average molecular weight is 398 g/mol. The molecular weight excluding hydrogens is 374 g/mol. The molecule has 3 heterocycles. The van der Waals surface area contributed by atoms with E-state index in [0.29, 0.717) is 36.2 Å². The summed E-state index contributed by atoms with van der Waals surface area (Å²) in [6, 6.07) is 17.8. The van der Waals surface area contributed by atoms with Gasteiger partial charge in [0.2, 0.25) is 10.0 Å². The van der Waals surface area contributed by atoms with Crippen LogP contribution in [-0.4, -0.2) is 49.0 Å². The van der Waals surface area contributed by atoms with Gasteiger partial charge in [-0.3, -0.25) is 4.90 Å². The Labute approximate surface area is 164 Å². The van der Waals surface area contributed by atoms with E-state index in [4.69, 9.17) is 4.52 Å². The highest BCUT2D eigenvalue weighted by atomic mass is 32.2. The lowest BCUT2D eigenvalue weighted by molar-refractivity contribution is 0.289. The fraction of sp³-hybridized carbons (Fsp3) is 0.381. The molecule has 146 valence electrons. The fourth-order valence-corrected chi connectivity index (χ4v) is 6.12. The van der Waals surface area contributed by atoms with Gasteiger partial charge in [-0.1, -0.05) is 47.6 Å². The van der Waals surface area contributed by atoms with Gasteiger partial charge in [-0.15, -0.1) is 0 Å². The summed E-state index contributed by atoms with van der Waals surface area (Å²) >= 11 is 0. The summed E-state index contributed by atoms with van der Waals surface area (Å²) in [4.78, 5) is 2.44. The molecule has 1 aromatic heterocycles. The minimum absolute atomic E-state index is 0.100. The topological polar surface area (TPSA) is 66.7 Å². The van der Waals surface area contributed by atoms with Crippen LogP contribution in [0.25, 0.3) is 11.0 Å². The first kappa shape index (κ1) is 17.8. The largest absolute Gasteiger partial charge is 0.356 e. The van der Waals surface area contributed by atoms with Crippen molar-refractivity contribution >= 4 is 21.0 Å². The van der Waals surface area contributed by atoms with Crippen molar-refractivity contribution in [3.05, 3.63) is 65.9 Å². The molecule has 5 rings (SSSR count). The van der Waals surface area contributed by atoms with Gasteiger partial charge < -0.3 is 4.52 Å². The molecule has 2 atom stereocenters. The zero-order valence-electron chi connectivity index (χ0n) is 15.6. The SMILES string of the molecule is O=S(=O)(Cc1noc2ccccc12)N1C[C@H]2CN(Cc3ccccc3)C[C@H]2C1. The minimum atomic E-state index is -3.40. The molecule has 2 aromatic carbocycles. The molecule has 3 aromatic rings. The first-order valence-corrected chi connectivity index (χ1v) is 11.3. The van der Waals surface area contributed by atoms with E-state index in [0.717, 1.165) is 25.0 Å². The molecule has 28 heavy (non-hydrogen) atoms. The molecule has 0 aliphatic carbocycles. The predicted octanol–water partition coefficient (Wildman–Crippen LogP) is 2.72. The number of hydrogen-bond acceptors (Lipinski definition) is 5. The third kappa shape index (κ3) is 3.34. The van der Waals surface area contributed by atoms with Crippen LogP contribution in [-0.2, 0) is 22.3 Å². The smallest absolute Gasteiger partial charge is 0.220 e. The Hall–Kier alpha value is -2.22. The van der Waals surface area contributed by atoms with E-state index in [1.165, 1.54) is 5.56 Å². The van der Waals surface area contributed by atoms with E-state index in [9.17, 15) is 8.42 Å². The Morgan fingerprint density at radius 2 is 1.61 bits per heavy atom. The quantitative estimate of drug-likeness (QED) is 0.662. The molecule has 2 aliphatic heterocycles. The summed E-state index contributed by atoms with van der Waals surface area (Å²) in [5.41, 5.74) is 2.44. The van der Waals surface area contributed by atoms with Crippen LogP contribution in [0.4, 0.5) is 0 Å². The Morgan fingerprint density at radius 1 is 0.929 bits per heavy atom. The predicted molar refractivity (Wildman–Crippen MR) is 107 cm³/mol. The number of hydrogen-bond donors (Lipinski definition) is 0. The van der Waals surface area contributed by atoms with Gasteiger partial charge in [-0.2, -0.15) is 0 Å². The normalized spacial score (nSPS) is 23.4. The highest BCUT2D eigenvalue weighted by molar-refractivity contribution is 7.88. The Kier molecular flexibility index (Phi) is 4.45. The van der Waals surface area contributed by atoms with Crippen LogP contribution in [0.5, 0.6) is 0 Å². The molecular formula is C21H23N3O3S. The maximum Gasteiger partial charge on any atom is 0.220 e. The average Bonchev–Trinajstić information content (AvgIpc) is 3.36. The molecule has 0 N–H and O–H groups in total. The van der Waals surface area contributed by atoms with Crippen molar-refractivity contribution in [2.45, 2.75) is 12.3 Å². The van der Waals surface area contributed by atoms with Gasteiger partial charge in [0.05, 0.1) is 0 Å². The third-order valence-electron chi connectivity index (χ3n) is 5.94. The molecule has 0 bridgehead atoms. The van der Waals surface area contributed by atoms with Gasteiger partial charge in [-0.25, -0.2) is 12.7 Å². The summed E-state index contributed by atoms with van der Waals surface area (Å²) in [7, 11) is -3.40. The molecule has 0 unspecified atom stereocenters. The number of likely N-dealkylation sites (tertiary alicyclic amines) is 1. The van der Waals surface area contributed by atoms with Crippen LogP contribution in [0, 0.1) is 11.8 Å². The summed E-state index contributed by atoms with van der Waals surface area (Å²) < 4.78 is 32.9. The molecule has 2 saturated heterocycles. The molecule has 0 spiro atoms. The van der Waals surface area contributed by atoms with Crippen LogP contribution in [0.15, 0.2) is 59.1 Å². The first-order chi connectivity index (χ1) is 13.6. The number of fused-ring (bicyclic) bond motifs is 2. The molecule has 7 heteroatoms. The minimum Gasteiger partial charge on any atom is -0.356 e. The van der Waals surface area contributed by atoms with Crippen LogP contribution >= 0.6 is 0 Å². The fourth-order valence-electron chi connectivity index (χ4n) is 4.55. The monoisotopic (exact) mass is 397 g/mol. The number of sulfonamides is 1. The lowest BCUT2D eigenvalue weighted by Gasteiger charge is -2.21. The molecule has 0 saturated carbocycles. The van der Waals surface area contributed by atoms with Crippen molar-refractivity contribution in [3.63, 3.8) is 0 Å². The number of nitrogens with zero attached hydrogens (tertiary/aromatic N) is 3. The number of para-hydroxylation sites is 1. The zero-order valence-corrected chi connectivity index (χ0v) is 16.4. The van der Waals surface area contributed by atoms with Crippen molar-refractivity contribution in [3.8, 4) is 0 Å². The van der Waals surface area contributed by atoms with Crippen molar-refractivity contribution in [2.75, 3.05) is 26.2 Å². The Balaban J connectivity index is 1.24.